The van der Waals surface area contributed by atoms with Crippen LogP contribution in [0, 0.1) is 0 Å². The Balaban J connectivity index is 1.98. The summed E-state index contributed by atoms with van der Waals surface area (Å²) < 4.78 is 5.33. The quantitative estimate of drug-likeness (QED) is 0.558. The first-order valence-electron chi connectivity index (χ1n) is 5.87. The largest absolute Gasteiger partial charge is 0.462 e. The van der Waals surface area contributed by atoms with Crippen LogP contribution in [0.3, 0.4) is 0 Å². The van der Waals surface area contributed by atoms with Gasteiger partial charge in [-0.15, -0.1) is 0 Å². The van der Waals surface area contributed by atoms with Gasteiger partial charge in [-0.3, -0.25) is 0 Å². The minimum Gasteiger partial charge on any atom is -0.462 e. The maximum absolute atomic E-state index is 8.81. The summed E-state index contributed by atoms with van der Waals surface area (Å²) in [5.41, 5.74) is 0. The first-order chi connectivity index (χ1) is 7.86. The summed E-state index contributed by atoms with van der Waals surface area (Å²) in [6, 6.07) is 3.67. The molecule has 1 aromatic rings. The highest BCUT2D eigenvalue weighted by molar-refractivity contribution is 5.05. The van der Waals surface area contributed by atoms with E-state index in [2.05, 4.69) is 5.32 Å². The van der Waals surface area contributed by atoms with E-state index < -0.39 is 0 Å². The molecule has 0 aliphatic heterocycles. The Morgan fingerprint density at radius 2 is 1.75 bits per heavy atom. The molecule has 0 aliphatic carbocycles. The van der Waals surface area contributed by atoms with Crippen LogP contribution < -0.4 is 5.32 Å². The van der Waals surface area contributed by atoms with Crippen molar-refractivity contribution >= 4 is 0 Å². The number of aliphatic hydroxyl groups is 2. The highest BCUT2D eigenvalue weighted by Gasteiger charge is 1.99. The van der Waals surface area contributed by atoms with Gasteiger partial charge < -0.3 is 19.9 Å². The summed E-state index contributed by atoms with van der Waals surface area (Å²) in [5.74, 6) is 1.47. The van der Waals surface area contributed by atoms with Crippen LogP contribution in [0.4, 0.5) is 0 Å². The molecular weight excluding hydrogens is 206 g/mol. The molecular formula is C12H21NO3. The molecule has 0 atom stereocenters. The van der Waals surface area contributed by atoms with Gasteiger partial charge in [-0.25, -0.2) is 0 Å². The van der Waals surface area contributed by atoms with E-state index in [1.54, 1.807) is 6.07 Å². The Kier molecular flexibility index (Phi) is 6.88. The molecule has 0 spiro atoms. The lowest BCUT2D eigenvalue weighted by Gasteiger charge is -2.02. The summed E-state index contributed by atoms with van der Waals surface area (Å²) >= 11 is 0. The van der Waals surface area contributed by atoms with Crippen molar-refractivity contribution in [2.75, 3.05) is 13.2 Å². The average molecular weight is 227 g/mol. The van der Waals surface area contributed by atoms with Gasteiger partial charge in [-0.2, -0.15) is 0 Å². The third-order valence-corrected chi connectivity index (χ3v) is 2.43. The number of rotatable bonds is 9. The smallest absolute Gasteiger partial charge is 0.129 e. The summed E-state index contributed by atoms with van der Waals surface area (Å²) in [4.78, 5) is 0. The Morgan fingerprint density at radius 3 is 2.44 bits per heavy atom. The third kappa shape index (κ3) is 5.30. The number of hydrogen-bond acceptors (Lipinski definition) is 4. The van der Waals surface area contributed by atoms with Crippen molar-refractivity contribution in [1.29, 1.82) is 0 Å². The number of aliphatic hydroxyl groups excluding tert-OH is 2. The van der Waals surface area contributed by atoms with Crippen molar-refractivity contribution in [2.24, 2.45) is 0 Å². The zero-order valence-corrected chi connectivity index (χ0v) is 9.61. The molecule has 0 aliphatic rings. The van der Waals surface area contributed by atoms with Crippen LogP contribution in [-0.2, 0) is 13.2 Å². The van der Waals surface area contributed by atoms with Crippen molar-refractivity contribution in [2.45, 2.75) is 38.8 Å². The highest BCUT2D eigenvalue weighted by atomic mass is 16.4. The second-order valence-electron chi connectivity index (χ2n) is 3.84. The van der Waals surface area contributed by atoms with Crippen molar-refractivity contribution in [3.8, 4) is 0 Å². The van der Waals surface area contributed by atoms with Crippen molar-refractivity contribution < 1.29 is 14.6 Å². The van der Waals surface area contributed by atoms with Crippen LogP contribution in [-0.4, -0.2) is 23.4 Å². The van der Waals surface area contributed by atoms with Crippen LogP contribution in [0.1, 0.15) is 37.2 Å². The molecule has 1 heterocycles. The van der Waals surface area contributed by atoms with Crippen molar-refractivity contribution in [1.82, 2.24) is 5.32 Å². The molecule has 4 heteroatoms. The zero-order chi connectivity index (χ0) is 11.6. The Hall–Kier alpha value is -0.840. The topological polar surface area (TPSA) is 65.6 Å². The van der Waals surface area contributed by atoms with Crippen LogP contribution in [0.5, 0.6) is 0 Å². The monoisotopic (exact) mass is 227 g/mol. The van der Waals surface area contributed by atoms with E-state index in [-0.39, 0.29) is 6.61 Å². The van der Waals surface area contributed by atoms with E-state index in [0.717, 1.165) is 38.0 Å². The number of furan rings is 1. The van der Waals surface area contributed by atoms with Gasteiger partial charge in [0.15, 0.2) is 0 Å². The van der Waals surface area contributed by atoms with Gasteiger partial charge in [0.1, 0.15) is 18.1 Å². The SMILES string of the molecule is OCCCCCCNCc1ccc(CO)o1. The lowest BCUT2D eigenvalue weighted by Crippen LogP contribution is -2.14. The molecule has 4 nitrogen and oxygen atoms in total. The minimum absolute atomic E-state index is 0.0405. The third-order valence-electron chi connectivity index (χ3n) is 2.43. The molecule has 0 fully saturated rings. The second kappa shape index (κ2) is 8.33. The van der Waals surface area contributed by atoms with Crippen molar-refractivity contribution in [3.63, 3.8) is 0 Å². The van der Waals surface area contributed by atoms with Gasteiger partial charge in [0, 0.05) is 6.61 Å². The van der Waals surface area contributed by atoms with Gasteiger partial charge in [0.2, 0.25) is 0 Å². The summed E-state index contributed by atoms with van der Waals surface area (Å²) in [7, 11) is 0. The van der Waals surface area contributed by atoms with Crippen LogP contribution in [0.25, 0.3) is 0 Å². The molecule has 0 aromatic carbocycles. The molecule has 16 heavy (non-hydrogen) atoms. The molecule has 0 saturated carbocycles. The standard InChI is InChI=1S/C12H21NO3/c14-8-4-2-1-3-7-13-9-11-5-6-12(10-15)16-11/h5-6,13-15H,1-4,7-10H2. The van der Waals surface area contributed by atoms with Crippen molar-refractivity contribution in [3.05, 3.63) is 23.7 Å². The fourth-order valence-electron chi connectivity index (χ4n) is 1.53. The van der Waals surface area contributed by atoms with Crippen LogP contribution in [0.15, 0.2) is 16.5 Å². The van der Waals surface area contributed by atoms with E-state index in [9.17, 15) is 0 Å². The molecule has 0 unspecified atom stereocenters. The summed E-state index contributed by atoms with van der Waals surface area (Å²) in [6.45, 7) is 1.92. The van der Waals surface area contributed by atoms with Gasteiger partial charge >= 0.3 is 0 Å². The van der Waals surface area contributed by atoms with Gasteiger partial charge in [-0.05, 0) is 31.5 Å². The minimum atomic E-state index is -0.0405. The second-order valence-corrected chi connectivity index (χ2v) is 3.84. The molecule has 3 N–H and O–H groups in total. The predicted molar refractivity (Wildman–Crippen MR) is 61.9 cm³/mol. The molecule has 1 rings (SSSR count). The fourth-order valence-corrected chi connectivity index (χ4v) is 1.53. The Labute approximate surface area is 96.3 Å². The maximum Gasteiger partial charge on any atom is 0.129 e. The van der Waals surface area contributed by atoms with Gasteiger partial charge in [0.25, 0.3) is 0 Å². The maximum atomic E-state index is 8.81. The van der Waals surface area contributed by atoms with Crippen LogP contribution in [0.2, 0.25) is 0 Å². The van der Waals surface area contributed by atoms with E-state index in [0.29, 0.717) is 18.9 Å². The average Bonchev–Trinajstić information content (AvgIpc) is 2.76. The molecule has 0 saturated heterocycles. The zero-order valence-electron chi connectivity index (χ0n) is 9.61. The number of hydrogen-bond donors (Lipinski definition) is 3. The number of unbranched alkanes of at least 4 members (excludes halogenated alkanes) is 3. The first kappa shape index (κ1) is 13.2. The molecule has 0 amide bonds. The summed E-state index contributed by atoms with van der Waals surface area (Å²) in [5, 5.41) is 20.7. The lowest BCUT2D eigenvalue weighted by atomic mass is 10.2. The van der Waals surface area contributed by atoms with Gasteiger partial charge in [-0.1, -0.05) is 12.8 Å². The lowest BCUT2D eigenvalue weighted by molar-refractivity contribution is 0.242. The molecule has 0 radical (unpaired) electrons. The Morgan fingerprint density at radius 1 is 1.00 bits per heavy atom. The highest BCUT2D eigenvalue weighted by Crippen LogP contribution is 2.07. The summed E-state index contributed by atoms with van der Waals surface area (Å²) in [6.07, 6.45) is 4.26. The van der Waals surface area contributed by atoms with Gasteiger partial charge in [0.05, 0.1) is 6.54 Å². The Bertz CT molecular complexity index is 273. The van der Waals surface area contributed by atoms with E-state index in [1.807, 2.05) is 6.07 Å². The number of nitrogens with one attached hydrogen (secondary N) is 1. The normalized spacial score (nSPS) is 10.9. The van der Waals surface area contributed by atoms with E-state index in [1.165, 1.54) is 0 Å². The molecule has 0 bridgehead atoms. The van der Waals surface area contributed by atoms with E-state index in [4.69, 9.17) is 14.6 Å². The fraction of sp³-hybridized carbons (Fsp3) is 0.667. The van der Waals surface area contributed by atoms with Crippen LogP contribution >= 0.6 is 0 Å². The van der Waals surface area contributed by atoms with E-state index >= 15 is 0 Å². The predicted octanol–water partition coefficient (Wildman–Crippen LogP) is 1.41. The molecule has 1 aromatic heterocycles. The first-order valence-corrected chi connectivity index (χ1v) is 5.87. The molecule has 92 valence electrons.